The largest absolute Gasteiger partial charge is 0.478 e. The third-order valence-corrected chi connectivity index (χ3v) is 6.46. The maximum Gasteiger partial charge on any atom is 0.349 e. The van der Waals surface area contributed by atoms with E-state index in [1.54, 1.807) is 43.3 Å². The van der Waals surface area contributed by atoms with Crippen molar-refractivity contribution in [2.24, 2.45) is 0 Å². The molecule has 0 aliphatic carbocycles. The number of aromatic nitrogens is 4. The number of carbonyl (C=O) groups excluding carboxylic acids is 2. The molecule has 15 heteroatoms. The fourth-order valence-corrected chi connectivity index (χ4v) is 4.18. The third-order valence-electron chi connectivity index (χ3n) is 6.46. The van der Waals surface area contributed by atoms with Gasteiger partial charge < -0.3 is 26.8 Å². The summed E-state index contributed by atoms with van der Waals surface area (Å²) in [4.78, 5) is 76.8. The van der Waals surface area contributed by atoms with E-state index in [0.717, 1.165) is 10.5 Å². The first-order valence-electron chi connectivity index (χ1n) is 12.4. The van der Waals surface area contributed by atoms with Crippen LogP contribution in [0.2, 0.25) is 0 Å². The van der Waals surface area contributed by atoms with Crippen LogP contribution in [-0.4, -0.2) is 42.5 Å². The van der Waals surface area contributed by atoms with Crippen molar-refractivity contribution in [2.45, 2.75) is 19.5 Å². The minimum absolute atomic E-state index is 0.00269. The summed E-state index contributed by atoms with van der Waals surface area (Å²) in [6.45, 7) is 1.68. The van der Waals surface area contributed by atoms with Gasteiger partial charge in [-0.15, -0.1) is 5.10 Å². The average molecular weight is 571 g/mol. The predicted molar refractivity (Wildman–Crippen MR) is 150 cm³/mol. The molecule has 2 amide bonds. The van der Waals surface area contributed by atoms with Crippen LogP contribution in [0.4, 0.5) is 17.1 Å². The highest BCUT2D eigenvalue weighted by molar-refractivity contribution is 5.98. The first kappa shape index (κ1) is 27.4. The van der Waals surface area contributed by atoms with Crippen LogP contribution < -0.4 is 38.2 Å². The molecule has 3 aromatic carbocycles. The number of carboxylic acids is 1. The molecule has 2 heterocycles. The molecule has 212 valence electrons. The lowest BCUT2D eigenvalue weighted by molar-refractivity contribution is 0.0696. The lowest BCUT2D eigenvalue weighted by Gasteiger charge is -2.15. The lowest BCUT2D eigenvalue weighted by atomic mass is 10.1. The standard InChI is InChI=1S/C27H22N8O7/c1-12(14-5-7-15(8-6-14)25(40)41)30-23(38)17-10-18(35-26(32-17)33-34-27(35)42)24(39)29-11-13-3-2-4-16(9-13)31-20-19(28)21(36)22(20)37/h2-10,12,31H,11,28H2,1H3,(H,29,39)(H,30,38)(H,34,42)(H,40,41)/t12-/m1/s1. The summed E-state index contributed by atoms with van der Waals surface area (Å²) < 4.78 is 0.923. The van der Waals surface area contributed by atoms with Crippen LogP contribution in [0.25, 0.3) is 5.78 Å². The molecule has 0 saturated carbocycles. The van der Waals surface area contributed by atoms with E-state index in [-0.39, 0.29) is 40.6 Å². The Balaban J connectivity index is 1.33. The number of carboxylic acid groups (broad SMARTS) is 1. The lowest BCUT2D eigenvalue weighted by Crippen LogP contribution is -2.36. The highest BCUT2D eigenvalue weighted by Gasteiger charge is 2.21. The van der Waals surface area contributed by atoms with Gasteiger partial charge in [0.25, 0.3) is 28.4 Å². The molecule has 15 nitrogen and oxygen atoms in total. The Labute approximate surface area is 234 Å². The number of anilines is 3. The number of nitrogen functional groups attached to an aromatic ring is 1. The molecular formula is C27H22N8O7. The smallest absolute Gasteiger partial charge is 0.349 e. The number of amides is 2. The summed E-state index contributed by atoms with van der Waals surface area (Å²) in [6, 6.07) is 13.2. The van der Waals surface area contributed by atoms with Crippen LogP contribution >= 0.6 is 0 Å². The third kappa shape index (κ3) is 5.21. The molecule has 0 radical (unpaired) electrons. The summed E-state index contributed by atoms with van der Waals surface area (Å²) in [7, 11) is 0. The van der Waals surface area contributed by atoms with E-state index in [4.69, 9.17) is 10.8 Å². The number of benzene rings is 2. The minimum atomic E-state index is -1.08. The summed E-state index contributed by atoms with van der Waals surface area (Å²) in [5, 5.41) is 23.2. The monoisotopic (exact) mass is 570 g/mol. The van der Waals surface area contributed by atoms with Gasteiger partial charge in [0.05, 0.1) is 11.6 Å². The molecule has 0 fully saturated rings. The fraction of sp³-hybridized carbons (Fsp3) is 0.111. The first-order chi connectivity index (χ1) is 20.0. The number of hydrogen-bond donors (Lipinski definition) is 6. The number of nitrogens with two attached hydrogens (primary N) is 1. The second-order valence-corrected chi connectivity index (χ2v) is 9.27. The van der Waals surface area contributed by atoms with E-state index < -0.39 is 40.4 Å². The van der Waals surface area contributed by atoms with Gasteiger partial charge in [-0.05, 0) is 48.4 Å². The number of fused-ring (bicyclic) bond motifs is 1. The van der Waals surface area contributed by atoms with Gasteiger partial charge in [0.2, 0.25) is 0 Å². The number of hydrogen-bond acceptors (Lipinski definition) is 10. The van der Waals surface area contributed by atoms with Crippen LogP contribution in [0.5, 0.6) is 0 Å². The first-order valence-corrected chi connectivity index (χ1v) is 12.4. The number of aromatic amines is 1. The molecule has 1 atom stereocenters. The zero-order valence-corrected chi connectivity index (χ0v) is 21.8. The van der Waals surface area contributed by atoms with Crippen LogP contribution in [0.1, 0.15) is 55.4 Å². The Hall–Kier alpha value is -6.12. The summed E-state index contributed by atoms with van der Waals surface area (Å²) in [6.07, 6.45) is 0. The van der Waals surface area contributed by atoms with Crippen molar-refractivity contribution in [1.82, 2.24) is 30.2 Å². The van der Waals surface area contributed by atoms with Gasteiger partial charge in [-0.1, -0.05) is 24.3 Å². The molecule has 5 aromatic rings. The molecule has 0 unspecified atom stereocenters. The van der Waals surface area contributed by atoms with Crippen molar-refractivity contribution in [3.05, 3.63) is 114 Å². The van der Waals surface area contributed by atoms with Crippen molar-refractivity contribution >= 4 is 40.6 Å². The Morgan fingerprint density at radius 3 is 2.45 bits per heavy atom. The van der Waals surface area contributed by atoms with Gasteiger partial charge in [-0.3, -0.25) is 19.2 Å². The van der Waals surface area contributed by atoms with E-state index in [9.17, 15) is 28.8 Å². The van der Waals surface area contributed by atoms with Crippen molar-refractivity contribution in [3.8, 4) is 0 Å². The van der Waals surface area contributed by atoms with Crippen molar-refractivity contribution in [1.29, 1.82) is 0 Å². The quantitative estimate of drug-likeness (QED) is 0.133. The fourth-order valence-electron chi connectivity index (χ4n) is 4.18. The molecular weight excluding hydrogens is 548 g/mol. The van der Waals surface area contributed by atoms with E-state index in [1.165, 1.54) is 12.1 Å². The van der Waals surface area contributed by atoms with E-state index in [1.807, 2.05) is 0 Å². The molecule has 0 aliphatic rings. The molecule has 0 bridgehead atoms. The summed E-state index contributed by atoms with van der Waals surface area (Å²) >= 11 is 0. The molecule has 7 N–H and O–H groups in total. The summed E-state index contributed by atoms with van der Waals surface area (Å²) in [5.74, 6) is -2.64. The van der Waals surface area contributed by atoms with Gasteiger partial charge in [0.1, 0.15) is 22.8 Å². The minimum Gasteiger partial charge on any atom is -0.478 e. The number of H-pyrrole nitrogens is 1. The number of carbonyl (C=O) groups is 3. The molecule has 0 saturated heterocycles. The van der Waals surface area contributed by atoms with E-state index in [0.29, 0.717) is 16.8 Å². The maximum absolute atomic E-state index is 13.2. The van der Waals surface area contributed by atoms with Gasteiger partial charge >= 0.3 is 11.7 Å². The molecule has 0 spiro atoms. The highest BCUT2D eigenvalue weighted by atomic mass is 16.4. The van der Waals surface area contributed by atoms with Crippen LogP contribution in [-0.2, 0) is 6.54 Å². The second kappa shape index (κ2) is 10.8. The SMILES string of the molecule is C[C@@H](NC(=O)c1cc(C(=O)NCc2cccc(Nc3c(N)c(=O)c3=O)c2)n2c(=O)[nH]nc2n1)c1ccc(C(=O)O)cc1. The Bertz CT molecular complexity index is 2000. The van der Waals surface area contributed by atoms with Gasteiger partial charge in [0.15, 0.2) is 0 Å². The van der Waals surface area contributed by atoms with Crippen molar-refractivity contribution in [2.75, 3.05) is 11.1 Å². The predicted octanol–water partition coefficient (Wildman–Crippen LogP) is 0.459. The van der Waals surface area contributed by atoms with Crippen LogP contribution in [0, 0.1) is 0 Å². The number of nitrogens with zero attached hydrogens (tertiary/aromatic N) is 3. The zero-order chi connectivity index (χ0) is 30.1. The second-order valence-electron chi connectivity index (χ2n) is 9.27. The molecule has 2 aromatic heterocycles. The van der Waals surface area contributed by atoms with E-state index >= 15 is 0 Å². The van der Waals surface area contributed by atoms with Crippen molar-refractivity contribution in [3.63, 3.8) is 0 Å². The van der Waals surface area contributed by atoms with Gasteiger partial charge in [-0.2, -0.15) is 0 Å². The molecule has 0 aliphatic heterocycles. The Kier molecular flexibility index (Phi) is 7.06. The maximum atomic E-state index is 13.2. The zero-order valence-electron chi connectivity index (χ0n) is 21.8. The number of nitrogens with one attached hydrogen (secondary N) is 4. The Morgan fingerprint density at radius 2 is 1.76 bits per heavy atom. The van der Waals surface area contributed by atoms with Gasteiger partial charge in [0, 0.05) is 12.2 Å². The highest BCUT2D eigenvalue weighted by Crippen LogP contribution is 2.19. The van der Waals surface area contributed by atoms with Gasteiger partial charge in [-0.25, -0.2) is 24.1 Å². The summed E-state index contributed by atoms with van der Waals surface area (Å²) in [5.41, 5.74) is 4.60. The average Bonchev–Trinajstić information content (AvgIpc) is 3.38. The van der Waals surface area contributed by atoms with E-state index in [2.05, 4.69) is 31.1 Å². The Morgan fingerprint density at radius 1 is 1.02 bits per heavy atom. The molecule has 5 rings (SSSR count). The van der Waals surface area contributed by atoms with Crippen LogP contribution in [0.15, 0.2) is 69.0 Å². The molecule has 42 heavy (non-hydrogen) atoms. The van der Waals surface area contributed by atoms with Crippen LogP contribution in [0.3, 0.4) is 0 Å². The number of aromatic carboxylic acids is 1. The number of rotatable bonds is 9. The topological polar surface area (TPSA) is 231 Å². The normalized spacial score (nSPS) is 11.7. The van der Waals surface area contributed by atoms with Crippen molar-refractivity contribution < 1.29 is 19.5 Å².